The van der Waals surface area contributed by atoms with Gasteiger partial charge in [0.2, 0.25) is 11.7 Å². The topological polar surface area (TPSA) is 90.7 Å². The molecule has 0 aliphatic heterocycles. The number of aromatic nitrogens is 4. The molecule has 2 aromatic rings. The molecule has 0 radical (unpaired) electrons. The third-order valence-electron chi connectivity index (χ3n) is 1.65. The second-order valence-corrected chi connectivity index (χ2v) is 2.76. The van der Waals surface area contributed by atoms with E-state index in [1.54, 1.807) is 12.4 Å². The molecule has 0 atom stereocenters. The second kappa shape index (κ2) is 3.51. The van der Waals surface area contributed by atoms with Crippen molar-refractivity contribution < 1.29 is 4.52 Å². The Hall–Kier alpha value is -1.82. The Morgan fingerprint density at radius 2 is 2.21 bits per heavy atom. The number of hydrogen-bond donors (Lipinski definition) is 1. The third-order valence-corrected chi connectivity index (χ3v) is 1.65. The molecule has 2 heterocycles. The average Bonchev–Trinajstić information content (AvgIpc) is 2.67. The molecule has 0 spiro atoms. The van der Waals surface area contributed by atoms with Crippen molar-refractivity contribution in [1.82, 2.24) is 20.1 Å². The lowest BCUT2D eigenvalue weighted by atomic mass is 10.4. The highest BCUT2D eigenvalue weighted by Crippen LogP contribution is 2.10. The molecule has 14 heavy (non-hydrogen) atoms. The van der Waals surface area contributed by atoms with Gasteiger partial charge < -0.3 is 10.3 Å². The zero-order chi connectivity index (χ0) is 9.97. The Labute approximate surface area is 80.2 Å². The van der Waals surface area contributed by atoms with E-state index < -0.39 is 0 Å². The number of aryl methyl sites for hydroxylation is 1. The maximum Gasteiger partial charge on any atom is 0.240 e. The minimum absolute atomic E-state index is 0.228. The molecule has 6 heteroatoms. The fourth-order valence-corrected chi connectivity index (χ4v) is 0.950. The summed E-state index contributed by atoms with van der Waals surface area (Å²) in [6.07, 6.45) is 3.24. The smallest absolute Gasteiger partial charge is 0.240 e. The molecular formula is C8H9N5O. The van der Waals surface area contributed by atoms with Gasteiger partial charge in [0.05, 0.1) is 18.4 Å². The van der Waals surface area contributed by atoms with Gasteiger partial charge >= 0.3 is 0 Å². The fraction of sp³-hybridized carbons (Fsp3) is 0.250. The molecule has 0 aromatic carbocycles. The molecule has 2 aromatic heterocycles. The Kier molecular flexibility index (Phi) is 2.19. The van der Waals surface area contributed by atoms with Gasteiger partial charge in [-0.15, -0.1) is 0 Å². The van der Waals surface area contributed by atoms with E-state index in [1.807, 2.05) is 6.92 Å². The van der Waals surface area contributed by atoms with Crippen molar-refractivity contribution in [3.63, 3.8) is 0 Å². The lowest BCUT2D eigenvalue weighted by molar-refractivity contribution is 0.380. The maximum absolute atomic E-state index is 5.33. The van der Waals surface area contributed by atoms with Gasteiger partial charge in [0.1, 0.15) is 5.69 Å². The monoisotopic (exact) mass is 191 g/mol. The van der Waals surface area contributed by atoms with E-state index in [0.717, 1.165) is 5.69 Å². The van der Waals surface area contributed by atoms with Gasteiger partial charge in [0.15, 0.2) is 0 Å². The van der Waals surface area contributed by atoms with Gasteiger partial charge in [-0.1, -0.05) is 5.16 Å². The highest BCUT2D eigenvalue weighted by Gasteiger charge is 2.08. The number of hydrogen-bond acceptors (Lipinski definition) is 6. The van der Waals surface area contributed by atoms with Crippen LogP contribution in [0.3, 0.4) is 0 Å². The molecule has 0 amide bonds. The lowest BCUT2D eigenvalue weighted by Gasteiger charge is -1.92. The molecule has 0 saturated heterocycles. The summed E-state index contributed by atoms with van der Waals surface area (Å²) in [5, 5.41) is 3.72. The SMILES string of the molecule is Cc1cnc(-c2noc(CN)n2)cn1. The first kappa shape index (κ1) is 8.76. The Balaban J connectivity index is 2.34. The van der Waals surface area contributed by atoms with Crippen molar-refractivity contribution in [2.24, 2.45) is 5.73 Å². The summed E-state index contributed by atoms with van der Waals surface area (Å²) >= 11 is 0. The highest BCUT2D eigenvalue weighted by molar-refractivity contribution is 5.45. The van der Waals surface area contributed by atoms with Gasteiger partial charge in [0, 0.05) is 6.20 Å². The van der Waals surface area contributed by atoms with E-state index in [0.29, 0.717) is 17.4 Å². The Morgan fingerprint density at radius 1 is 1.36 bits per heavy atom. The van der Waals surface area contributed by atoms with Crippen molar-refractivity contribution >= 4 is 0 Å². The van der Waals surface area contributed by atoms with Gasteiger partial charge in [-0.05, 0) is 6.92 Å². The highest BCUT2D eigenvalue weighted by atomic mass is 16.5. The molecule has 0 aliphatic carbocycles. The molecule has 0 fully saturated rings. The molecule has 0 bridgehead atoms. The number of rotatable bonds is 2. The standard InChI is InChI=1S/C8H9N5O/c1-5-3-11-6(4-10-5)8-12-7(2-9)14-13-8/h3-4H,2,9H2,1H3. The predicted molar refractivity (Wildman–Crippen MR) is 48.0 cm³/mol. The van der Waals surface area contributed by atoms with E-state index in [9.17, 15) is 0 Å². The minimum atomic E-state index is 0.228. The van der Waals surface area contributed by atoms with E-state index in [4.69, 9.17) is 10.3 Å². The molecule has 72 valence electrons. The summed E-state index contributed by atoms with van der Waals surface area (Å²) in [6, 6.07) is 0. The summed E-state index contributed by atoms with van der Waals surface area (Å²) < 4.78 is 4.84. The molecular weight excluding hydrogens is 182 g/mol. The van der Waals surface area contributed by atoms with Gasteiger partial charge in [-0.25, -0.2) is 4.98 Å². The van der Waals surface area contributed by atoms with Gasteiger partial charge in [-0.2, -0.15) is 4.98 Å². The summed E-state index contributed by atoms with van der Waals surface area (Å²) in [5.74, 6) is 0.806. The van der Waals surface area contributed by atoms with Crippen LogP contribution in [0.1, 0.15) is 11.6 Å². The summed E-state index contributed by atoms with van der Waals surface area (Å²) in [6.45, 7) is 2.09. The van der Waals surface area contributed by atoms with E-state index >= 15 is 0 Å². The van der Waals surface area contributed by atoms with Crippen LogP contribution in [0, 0.1) is 6.92 Å². The van der Waals surface area contributed by atoms with E-state index in [2.05, 4.69) is 20.1 Å². The fourth-order valence-electron chi connectivity index (χ4n) is 0.950. The van der Waals surface area contributed by atoms with Crippen molar-refractivity contribution in [3.8, 4) is 11.5 Å². The Bertz CT molecular complexity index is 422. The molecule has 6 nitrogen and oxygen atoms in total. The largest absolute Gasteiger partial charge is 0.338 e. The minimum Gasteiger partial charge on any atom is -0.338 e. The number of nitrogens with two attached hydrogens (primary N) is 1. The van der Waals surface area contributed by atoms with Crippen LogP contribution in [0.25, 0.3) is 11.5 Å². The van der Waals surface area contributed by atoms with E-state index in [-0.39, 0.29) is 6.54 Å². The molecule has 0 aliphatic rings. The van der Waals surface area contributed by atoms with Crippen molar-refractivity contribution in [3.05, 3.63) is 24.0 Å². The van der Waals surface area contributed by atoms with Crippen LogP contribution in [0.5, 0.6) is 0 Å². The molecule has 0 unspecified atom stereocenters. The molecule has 2 rings (SSSR count). The van der Waals surface area contributed by atoms with Crippen LogP contribution in [0.15, 0.2) is 16.9 Å². The first-order chi connectivity index (χ1) is 6.79. The van der Waals surface area contributed by atoms with Gasteiger partial charge in [-0.3, -0.25) is 4.98 Å². The van der Waals surface area contributed by atoms with Gasteiger partial charge in [0.25, 0.3) is 0 Å². The average molecular weight is 191 g/mol. The summed E-state index contributed by atoms with van der Waals surface area (Å²) in [5.41, 5.74) is 6.76. The van der Waals surface area contributed by atoms with Crippen LogP contribution < -0.4 is 5.73 Å². The molecule has 0 saturated carbocycles. The molecule has 2 N–H and O–H groups in total. The van der Waals surface area contributed by atoms with E-state index in [1.165, 1.54) is 0 Å². The zero-order valence-corrected chi connectivity index (χ0v) is 7.64. The maximum atomic E-state index is 5.33. The Morgan fingerprint density at radius 3 is 2.79 bits per heavy atom. The quantitative estimate of drug-likeness (QED) is 0.733. The van der Waals surface area contributed by atoms with Crippen LogP contribution in [0.4, 0.5) is 0 Å². The first-order valence-corrected chi connectivity index (χ1v) is 4.11. The van der Waals surface area contributed by atoms with Crippen LogP contribution in [-0.4, -0.2) is 20.1 Å². The normalized spacial score (nSPS) is 10.4. The lowest BCUT2D eigenvalue weighted by Crippen LogP contribution is -1.96. The van der Waals surface area contributed by atoms with Crippen molar-refractivity contribution in [2.75, 3.05) is 0 Å². The van der Waals surface area contributed by atoms with Crippen molar-refractivity contribution in [2.45, 2.75) is 13.5 Å². The van der Waals surface area contributed by atoms with Crippen LogP contribution in [-0.2, 0) is 6.54 Å². The summed E-state index contributed by atoms with van der Waals surface area (Å²) in [7, 11) is 0. The van der Waals surface area contributed by atoms with Crippen LogP contribution >= 0.6 is 0 Å². The third kappa shape index (κ3) is 1.60. The predicted octanol–water partition coefficient (Wildman–Crippen LogP) is 0.294. The van der Waals surface area contributed by atoms with Crippen LogP contribution in [0.2, 0.25) is 0 Å². The zero-order valence-electron chi connectivity index (χ0n) is 7.64. The second-order valence-electron chi connectivity index (χ2n) is 2.76. The van der Waals surface area contributed by atoms with Crippen molar-refractivity contribution in [1.29, 1.82) is 0 Å². The summed E-state index contributed by atoms with van der Waals surface area (Å²) in [4.78, 5) is 12.2. The first-order valence-electron chi connectivity index (χ1n) is 4.11. The number of nitrogens with zero attached hydrogens (tertiary/aromatic N) is 4.